The topological polar surface area (TPSA) is 22.4 Å². The standard InChI is InChI=1S/C24H26F4O2/c1-2-3-8-11-29-18-13-17-20(24(28)22(18)26)19-16(30-17)12-15(21(25)23(19)27)14-9-6-4-5-7-10-14/h12-14H,2-11H2,1H3. The highest BCUT2D eigenvalue weighted by atomic mass is 19.2. The van der Waals surface area contributed by atoms with E-state index in [1.807, 2.05) is 6.92 Å². The van der Waals surface area contributed by atoms with Crippen molar-refractivity contribution in [1.82, 2.24) is 0 Å². The summed E-state index contributed by atoms with van der Waals surface area (Å²) >= 11 is 0. The van der Waals surface area contributed by atoms with Gasteiger partial charge < -0.3 is 9.15 Å². The Labute approximate surface area is 173 Å². The largest absolute Gasteiger partial charge is 0.490 e. The molecular formula is C24H26F4O2. The molecule has 1 aliphatic carbocycles. The molecule has 6 heteroatoms. The predicted octanol–water partition coefficient (Wildman–Crippen LogP) is 8.15. The summed E-state index contributed by atoms with van der Waals surface area (Å²) in [4.78, 5) is 0. The van der Waals surface area contributed by atoms with Crippen molar-refractivity contribution in [1.29, 1.82) is 0 Å². The van der Waals surface area contributed by atoms with E-state index < -0.39 is 23.3 Å². The fourth-order valence-electron chi connectivity index (χ4n) is 4.47. The maximum atomic E-state index is 15.0. The van der Waals surface area contributed by atoms with Crippen LogP contribution >= 0.6 is 0 Å². The van der Waals surface area contributed by atoms with Crippen molar-refractivity contribution in [2.75, 3.05) is 6.61 Å². The maximum Gasteiger partial charge on any atom is 0.201 e. The van der Waals surface area contributed by atoms with Crippen LogP contribution in [0.4, 0.5) is 17.6 Å². The third-order valence-electron chi connectivity index (χ3n) is 6.11. The van der Waals surface area contributed by atoms with Crippen molar-refractivity contribution in [3.05, 3.63) is 41.0 Å². The van der Waals surface area contributed by atoms with E-state index in [1.165, 1.54) is 12.1 Å². The van der Waals surface area contributed by atoms with Gasteiger partial charge in [-0.25, -0.2) is 13.2 Å². The van der Waals surface area contributed by atoms with Crippen LogP contribution in [0.3, 0.4) is 0 Å². The Bertz CT molecular complexity index is 1050. The number of unbranched alkanes of at least 4 members (excludes halogenated alkanes) is 2. The molecule has 0 N–H and O–H groups in total. The number of ether oxygens (including phenoxy) is 1. The van der Waals surface area contributed by atoms with Crippen molar-refractivity contribution in [2.45, 2.75) is 70.6 Å². The highest BCUT2D eigenvalue weighted by molar-refractivity contribution is 6.06. The van der Waals surface area contributed by atoms with Crippen LogP contribution in [0.15, 0.2) is 16.5 Å². The lowest BCUT2D eigenvalue weighted by atomic mass is 9.90. The van der Waals surface area contributed by atoms with Gasteiger partial charge in [-0.05, 0) is 36.8 Å². The van der Waals surface area contributed by atoms with Crippen LogP contribution in [-0.2, 0) is 0 Å². The Hall–Kier alpha value is -2.24. The molecule has 0 atom stereocenters. The summed E-state index contributed by atoms with van der Waals surface area (Å²) < 4.78 is 70.3. The smallest absolute Gasteiger partial charge is 0.201 e. The minimum atomic E-state index is -1.28. The summed E-state index contributed by atoms with van der Waals surface area (Å²) in [6.07, 6.45) is 8.23. The molecule has 1 saturated carbocycles. The molecule has 0 unspecified atom stereocenters. The summed E-state index contributed by atoms with van der Waals surface area (Å²) in [7, 11) is 0. The molecule has 0 spiro atoms. The molecule has 30 heavy (non-hydrogen) atoms. The van der Waals surface area contributed by atoms with Gasteiger partial charge in [-0.2, -0.15) is 4.39 Å². The quantitative estimate of drug-likeness (QED) is 0.227. The summed E-state index contributed by atoms with van der Waals surface area (Å²) in [5.74, 6) is -5.04. The second-order valence-corrected chi connectivity index (χ2v) is 8.19. The van der Waals surface area contributed by atoms with E-state index in [4.69, 9.17) is 9.15 Å². The predicted molar refractivity (Wildman–Crippen MR) is 109 cm³/mol. The lowest BCUT2D eigenvalue weighted by Crippen LogP contribution is -2.03. The van der Waals surface area contributed by atoms with Crippen molar-refractivity contribution in [2.24, 2.45) is 0 Å². The van der Waals surface area contributed by atoms with E-state index >= 15 is 4.39 Å². The Kier molecular flexibility index (Phi) is 6.21. The van der Waals surface area contributed by atoms with Gasteiger partial charge in [-0.1, -0.05) is 45.4 Å². The molecule has 3 aromatic rings. The molecule has 162 valence electrons. The summed E-state index contributed by atoms with van der Waals surface area (Å²) in [5.41, 5.74) is 0.244. The third kappa shape index (κ3) is 3.77. The molecule has 1 aromatic heterocycles. The molecule has 0 amide bonds. The molecule has 0 aliphatic heterocycles. The van der Waals surface area contributed by atoms with Gasteiger partial charge in [-0.3, -0.25) is 0 Å². The number of furan rings is 1. The Morgan fingerprint density at radius 3 is 2.13 bits per heavy atom. The van der Waals surface area contributed by atoms with Gasteiger partial charge in [0.25, 0.3) is 0 Å². The lowest BCUT2D eigenvalue weighted by Gasteiger charge is -2.15. The molecule has 1 heterocycles. The van der Waals surface area contributed by atoms with E-state index in [-0.39, 0.29) is 45.8 Å². The third-order valence-corrected chi connectivity index (χ3v) is 6.11. The molecule has 2 aromatic carbocycles. The van der Waals surface area contributed by atoms with E-state index in [9.17, 15) is 13.2 Å². The molecule has 4 rings (SSSR count). The van der Waals surface area contributed by atoms with Crippen LogP contribution in [0.2, 0.25) is 0 Å². The van der Waals surface area contributed by atoms with Crippen LogP contribution in [-0.4, -0.2) is 6.61 Å². The zero-order valence-electron chi connectivity index (χ0n) is 17.1. The summed E-state index contributed by atoms with van der Waals surface area (Å²) in [6, 6.07) is 2.69. The number of hydrogen-bond donors (Lipinski definition) is 0. The van der Waals surface area contributed by atoms with Crippen molar-refractivity contribution in [3.8, 4) is 5.75 Å². The zero-order valence-corrected chi connectivity index (χ0v) is 17.1. The minimum Gasteiger partial charge on any atom is -0.490 e. The average molecular weight is 422 g/mol. The average Bonchev–Trinajstić information content (AvgIpc) is 2.90. The van der Waals surface area contributed by atoms with E-state index in [2.05, 4.69) is 0 Å². The van der Waals surface area contributed by atoms with Gasteiger partial charge in [0, 0.05) is 6.07 Å². The summed E-state index contributed by atoms with van der Waals surface area (Å²) in [5, 5.41) is -0.735. The van der Waals surface area contributed by atoms with Gasteiger partial charge in [0.05, 0.1) is 17.4 Å². The Morgan fingerprint density at radius 1 is 0.833 bits per heavy atom. The van der Waals surface area contributed by atoms with Gasteiger partial charge in [0.1, 0.15) is 11.2 Å². The van der Waals surface area contributed by atoms with Crippen LogP contribution in [0.1, 0.15) is 76.2 Å². The Morgan fingerprint density at radius 2 is 1.47 bits per heavy atom. The number of rotatable bonds is 6. The zero-order chi connectivity index (χ0) is 21.3. The number of fused-ring (bicyclic) bond motifs is 3. The molecular weight excluding hydrogens is 396 g/mol. The van der Waals surface area contributed by atoms with Crippen LogP contribution in [0.25, 0.3) is 21.9 Å². The van der Waals surface area contributed by atoms with Gasteiger partial charge in [0.15, 0.2) is 23.2 Å². The molecule has 0 radical (unpaired) electrons. The van der Waals surface area contributed by atoms with Crippen LogP contribution in [0.5, 0.6) is 5.75 Å². The molecule has 1 fully saturated rings. The summed E-state index contributed by atoms with van der Waals surface area (Å²) in [6.45, 7) is 2.27. The molecule has 2 nitrogen and oxygen atoms in total. The molecule has 1 aliphatic rings. The first-order chi connectivity index (χ1) is 14.5. The second kappa shape index (κ2) is 8.86. The van der Waals surface area contributed by atoms with Gasteiger partial charge in [0.2, 0.25) is 5.82 Å². The van der Waals surface area contributed by atoms with Crippen LogP contribution in [0, 0.1) is 23.3 Å². The fraction of sp³-hybridized carbons (Fsp3) is 0.500. The number of benzene rings is 2. The van der Waals surface area contributed by atoms with E-state index in [1.54, 1.807) is 0 Å². The highest BCUT2D eigenvalue weighted by Crippen LogP contribution is 2.41. The van der Waals surface area contributed by atoms with Crippen LogP contribution < -0.4 is 4.74 Å². The molecule has 0 bridgehead atoms. The normalized spacial score (nSPS) is 15.8. The van der Waals surface area contributed by atoms with Gasteiger partial charge >= 0.3 is 0 Å². The maximum absolute atomic E-state index is 15.0. The van der Waals surface area contributed by atoms with Gasteiger partial charge in [-0.15, -0.1) is 0 Å². The highest BCUT2D eigenvalue weighted by Gasteiger charge is 2.28. The lowest BCUT2D eigenvalue weighted by molar-refractivity contribution is 0.287. The SMILES string of the molecule is CCCCCOc1cc2oc3cc(C4CCCCCC4)c(F)c(F)c3c2c(F)c1F. The van der Waals surface area contributed by atoms with E-state index in [0.29, 0.717) is 6.42 Å². The second-order valence-electron chi connectivity index (χ2n) is 8.19. The van der Waals surface area contributed by atoms with Crippen molar-refractivity contribution < 1.29 is 26.7 Å². The monoisotopic (exact) mass is 422 g/mol. The van der Waals surface area contributed by atoms with E-state index in [0.717, 1.165) is 51.4 Å². The van der Waals surface area contributed by atoms with Crippen molar-refractivity contribution in [3.63, 3.8) is 0 Å². The van der Waals surface area contributed by atoms with Crippen molar-refractivity contribution >= 4 is 21.9 Å². The fourth-order valence-corrected chi connectivity index (χ4v) is 4.47. The number of hydrogen-bond acceptors (Lipinski definition) is 2. The first kappa shape index (κ1) is 21.0. The first-order valence-corrected chi connectivity index (χ1v) is 10.9. The first-order valence-electron chi connectivity index (χ1n) is 10.9. The molecule has 0 saturated heterocycles. The number of halogens is 4. The Balaban J connectivity index is 1.80. The minimum absolute atomic E-state index is 0.0320.